The van der Waals surface area contributed by atoms with Crippen LogP contribution < -0.4 is 5.32 Å². The minimum absolute atomic E-state index is 0.00399. The summed E-state index contributed by atoms with van der Waals surface area (Å²) in [6.07, 6.45) is 1.05. The van der Waals surface area contributed by atoms with E-state index < -0.39 is 5.41 Å². The Balaban J connectivity index is 2.49. The zero-order valence-electron chi connectivity index (χ0n) is 12.7. The summed E-state index contributed by atoms with van der Waals surface area (Å²) in [6, 6.07) is 7.43. The largest absolute Gasteiger partial charge is 0.379 e. The highest BCUT2D eigenvalue weighted by molar-refractivity contribution is 6.30. The molecule has 4 heteroatoms. The maximum absolute atomic E-state index is 12.3. The van der Waals surface area contributed by atoms with Gasteiger partial charge in [0.1, 0.15) is 0 Å². The molecule has 0 aliphatic heterocycles. The molecule has 0 radical (unpaired) electrons. The summed E-state index contributed by atoms with van der Waals surface area (Å²) in [7, 11) is 0. The van der Waals surface area contributed by atoms with Gasteiger partial charge in [0, 0.05) is 18.2 Å². The number of carbonyl (C=O) groups excluding carboxylic acids is 1. The highest BCUT2D eigenvalue weighted by atomic mass is 35.5. The molecule has 0 fully saturated rings. The SMILES string of the molecule is CC(C)OCCCNC(=O)C(C)(C)c1cccc(Cl)c1. The van der Waals surface area contributed by atoms with Crippen LogP contribution in [0, 0.1) is 0 Å². The lowest BCUT2D eigenvalue weighted by molar-refractivity contribution is -0.125. The van der Waals surface area contributed by atoms with Crippen molar-refractivity contribution in [2.24, 2.45) is 0 Å². The zero-order chi connectivity index (χ0) is 15.2. The summed E-state index contributed by atoms with van der Waals surface area (Å²) in [6.45, 7) is 9.09. The van der Waals surface area contributed by atoms with E-state index in [1.165, 1.54) is 0 Å². The third kappa shape index (κ3) is 5.14. The Kier molecular flexibility index (Phi) is 6.50. The van der Waals surface area contributed by atoms with Crippen molar-refractivity contribution in [2.45, 2.75) is 45.6 Å². The van der Waals surface area contributed by atoms with Crippen LogP contribution in [0.4, 0.5) is 0 Å². The van der Waals surface area contributed by atoms with Crippen LogP contribution in [-0.2, 0) is 14.9 Å². The fourth-order valence-corrected chi connectivity index (χ4v) is 2.01. The van der Waals surface area contributed by atoms with Crippen molar-refractivity contribution in [3.05, 3.63) is 34.9 Å². The first kappa shape index (κ1) is 17.0. The fraction of sp³-hybridized carbons (Fsp3) is 0.562. The molecule has 0 aliphatic rings. The third-order valence-electron chi connectivity index (χ3n) is 3.17. The molecular formula is C16H24ClNO2. The number of nitrogens with one attached hydrogen (secondary N) is 1. The number of ether oxygens (including phenoxy) is 1. The van der Waals surface area contributed by atoms with Gasteiger partial charge in [0.25, 0.3) is 0 Å². The van der Waals surface area contributed by atoms with E-state index in [0.29, 0.717) is 18.2 Å². The van der Waals surface area contributed by atoms with Crippen molar-refractivity contribution < 1.29 is 9.53 Å². The molecule has 0 saturated carbocycles. The Labute approximate surface area is 126 Å². The van der Waals surface area contributed by atoms with Crippen LogP contribution in [0.1, 0.15) is 39.7 Å². The second-order valence-electron chi connectivity index (χ2n) is 5.66. The van der Waals surface area contributed by atoms with Gasteiger partial charge in [0.05, 0.1) is 11.5 Å². The lowest BCUT2D eigenvalue weighted by Crippen LogP contribution is -2.40. The van der Waals surface area contributed by atoms with Crippen LogP contribution in [-0.4, -0.2) is 25.2 Å². The second kappa shape index (κ2) is 7.65. The molecule has 0 atom stereocenters. The van der Waals surface area contributed by atoms with E-state index in [4.69, 9.17) is 16.3 Å². The van der Waals surface area contributed by atoms with Crippen LogP contribution in [0.3, 0.4) is 0 Å². The number of rotatable bonds is 7. The van der Waals surface area contributed by atoms with E-state index in [1.54, 1.807) is 0 Å². The molecule has 0 spiro atoms. The Morgan fingerprint density at radius 2 is 2.10 bits per heavy atom. The first-order valence-corrected chi connectivity index (χ1v) is 7.38. The molecule has 1 rings (SSSR count). The Morgan fingerprint density at radius 1 is 1.40 bits per heavy atom. The standard InChI is InChI=1S/C16H24ClNO2/c1-12(2)20-10-6-9-18-15(19)16(3,4)13-7-5-8-14(17)11-13/h5,7-8,11-12H,6,9-10H2,1-4H3,(H,18,19). The fourth-order valence-electron chi connectivity index (χ4n) is 1.82. The van der Waals surface area contributed by atoms with Crippen molar-refractivity contribution in [2.75, 3.05) is 13.2 Å². The highest BCUT2D eigenvalue weighted by Crippen LogP contribution is 2.25. The Morgan fingerprint density at radius 3 is 2.70 bits per heavy atom. The van der Waals surface area contributed by atoms with Crippen LogP contribution in [0.5, 0.6) is 0 Å². The molecule has 1 N–H and O–H groups in total. The summed E-state index contributed by atoms with van der Waals surface area (Å²) in [5.74, 6) is 0.00399. The predicted octanol–water partition coefficient (Wildman–Crippen LogP) is 3.55. The van der Waals surface area contributed by atoms with E-state index in [-0.39, 0.29) is 12.0 Å². The quantitative estimate of drug-likeness (QED) is 0.782. The molecule has 20 heavy (non-hydrogen) atoms. The van der Waals surface area contributed by atoms with Gasteiger partial charge in [-0.15, -0.1) is 0 Å². The minimum Gasteiger partial charge on any atom is -0.379 e. The lowest BCUT2D eigenvalue weighted by Gasteiger charge is -2.24. The molecular weight excluding hydrogens is 274 g/mol. The van der Waals surface area contributed by atoms with Gasteiger partial charge in [-0.05, 0) is 51.8 Å². The van der Waals surface area contributed by atoms with Crippen molar-refractivity contribution in [1.82, 2.24) is 5.32 Å². The van der Waals surface area contributed by atoms with E-state index in [1.807, 2.05) is 52.0 Å². The Hall–Kier alpha value is -1.06. The average molecular weight is 298 g/mol. The van der Waals surface area contributed by atoms with Gasteiger partial charge in [0.15, 0.2) is 0 Å². The van der Waals surface area contributed by atoms with Gasteiger partial charge in [-0.1, -0.05) is 23.7 Å². The number of halogens is 1. The second-order valence-corrected chi connectivity index (χ2v) is 6.10. The molecule has 1 aromatic carbocycles. The van der Waals surface area contributed by atoms with Crippen molar-refractivity contribution in [1.29, 1.82) is 0 Å². The minimum atomic E-state index is -0.593. The van der Waals surface area contributed by atoms with Gasteiger partial charge in [-0.25, -0.2) is 0 Å². The number of carbonyl (C=O) groups is 1. The maximum Gasteiger partial charge on any atom is 0.230 e. The zero-order valence-corrected chi connectivity index (χ0v) is 13.5. The van der Waals surface area contributed by atoms with Crippen molar-refractivity contribution in [3.8, 4) is 0 Å². The molecule has 0 bridgehead atoms. The molecule has 0 aliphatic carbocycles. The number of benzene rings is 1. The molecule has 1 aromatic rings. The summed E-state index contributed by atoms with van der Waals surface area (Å²) in [5.41, 5.74) is 0.324. The predicted molar refractivity (Wildman–Crippen MR) is 83.2 cm³/mol. The lowest BCUT2D eigenvalue weighted by atomic mass is 9.84. The summed E-state index contributed by atoms with van der Waals surface area (Å²) in [4.78, 5) is 12.3. The number of hydrogen-bond donors (Lipinski definition) is 1. The maximum atomic E-state index is 12.3. The molecule has 3 nitrogen and oxygen atoms in total. The van der Waals surface area contributed by atoms with E-state index >= 15 is 0 Å². The van der Waals surface area contributed by atoms with Crippen molar-refractivity contribution >= 4 is 17.5 Å². The highest BCUT2D eigenvalue weighted by Gasteiger charge is 2.29. The van der Waals surface area contributed by atoms with Gasteiger partial charge in [0.2, 0.25) is 5.91 Å². The molecule has 0 aromatic heterocycles. The molecule has 0 unspecified atom stereocenters. The third-order valence-corrected chi connectivity index (χ3v) is 3.41. The average Bonchev–Trinajstić information content (AvgIpc) is 2.37. The van der Waals surface area contributed by atoms with Crippen LogP contribution in [0.15, 0.2) is 24.3 Å². The van der Waals surface area contributed by atoms with E-state index in [0.717, 1.165) is 12.0 Å². The van der Waals surface area contributed by atoms with Crippen LogP contribution in [0.25, 0.3) is 0 Å². The summed E-state index contributed by atoms with van der Waals surface area (Å²) in [5, 5.41) is 3.60. The molecule has 1 amide bonds. The molecule has 0 saturated heterocycles. The molecule has 0 heterocycles. The Bertz CT molecular complexity index is 444. The van der Waals surface area contributed by atoms with E-state index in [9.17, 15) is 4.79 Å². The first-order chi connectivity index (χ1) is 9.34. The normalized spacial score (nSPS) is 11.7. The van der Waals surface area contributed by atoms with Gasteiger partial charge >= 0.3 is 0 Å². The molecule has 112 valence electrons. The number of hydrogen-bond acceptors (Lipinski definition) is 2. The van der Waals surface area contributed by atoms with Crippen LogP contribution in [0.2, 0.25) is 5.02 Å². The van der Waals surface area contributed by atoms with Crippen LogP contribution >= 0.6 is 11.6 Å². The van der Waals surface area contributed by atoms with E-state index in [2.05, 4.69) is 5.32 Å². The van der Waals surface area contributed by atoms with Crippen molar-refractivity contribution in [3.63, 3.8) is 0 Å². The van der Waals surface area contributed by atoms with Gasteiger partial charge in [-0.2, -0.15) is 0 Å². The smallest absolute Gasteiger partial charge is 0.230 e. The summed E-state index contributed by atoms with van der Waals surface area (Å²) >= 11 is 5.98. The monoisotopic (exact) mass is 297 g/mol. The first-order valence-electron chi connectivity index (χ1n) is 7.00. The van der Waals surface area contributed by atoms with Gasteiger partial charge in [-0.3, -0.25) is 4.79 Å². The van der Waals surface area contributed by atoms with Gasteiger partial charge < -0.3 is 10.1 Å². The number of amides is 1. The topological polar surface area (TPSA) is 38.3 Å². The summed E-state index contributed by atoms with van der Waals surface area (Å²) < 4.78 is 5.44.